The highest BCUT2D eigenvalue weighted by atomic mass is 32.2. The minimum absolute atomic E-state index is 0.543. The van der Waals surface area contributed by atoms with Crippen molar-refractivity contribution in [1.82, 2.24) is 15.0 Å². The molecule has 0 amide bonds. The van der Waals surface area contributed by atoms with Gasteiger partial charge in [-0.25, -0.2) is 15.0 Å². The van der Waals surface area contributed by atoms with Gasteiger partial charge in [0.25, 0.3) is 0 Å². The molecule has 5 nitrogen and oxygen atoms in total. The lowest BCUT2D eigenvalue weighted by molar-refractivity contribution is 0.415. The molecule has 0 unspecified atom stereocenters. The number of hydrogen-bond donors (Lipinski definition) is 0. The summed E-state index contributed by atoms with van der Waals surface area (Å²) in [6.45, 7) is 3.67. The maximum Gasteiger partial charge on any atom is 0.126 e. The normalized spacial score (nSPS) is 10.5. The lowest BCUT2D eigenvalue weighted by Crippen LogP contribution is -1.99. The Morgan fingerprint density at radius 3 is 2.60 bits per heavy atom. The molecule has 3 rings (SSSR count). The van der Waals surface area contributed by atoms with Crippen LogP contribution in [0.2, 0.25) is 0 Å². The van der Waals surface area contributed by atoms with Crippen LogP contribution >= 0.6 is 23.1 Å². The first-order chi connectivity index (χ1) is 12.1. The van der Waals surface area contributed by atoms with E-state index in [1.54, 1.807) is 18.4 Å². The van der Waals surface area contributed by atoms with Gasteiger partial charge in [0.15, 0.2) is 0 Å². The fourth-order valence-electron chi connectivity index (χ4n) is 2.30. The Hall–Kier alpha value is -2.43. The number of thioether (sulfide) groups is 1. The van der Waals surface area contributed by atoms with Crippen LogP contribution in [0.15, 0.2) is 34.7 Å². The summed E-state index contributed by atoms with van der Waals surface area (Å²) in [4.78, 5) is 13.3. The maximum absolute atomic E-state index is 9.32. The second-order valence-corrected chi connectivity index (χ2v) is 7.13. The third kappa shape index (κ3) is 3.98. The summed E-state index contributed by atoms with van der Waals surface area (Å²) < 4.78 is 5.18. The Balaban J connectivity index is 1.75. The van der Waals surface area contributed by atoms with Gasteiger partial charge >= 0.3 is 0 Å². The summed E-state index contributed by atoms with van der Waals surface area (Å²) in [5.74, 6) is 2.17. The number of aromatic nitrogens is 3. The van der Waals surface area contributed by atoms with Gasteiger partial charge in [-0.1, -0.05) is 11.8 Å². The highest BCUT2D eigenvalue weighted by molar-refractivity contribution is 7.98. The van der Waals surface area contributed by atoms with Crippen LogP contribution < -0.4 is 4.74 Å². The van der Waals surface area contributed by atoms with Crippen LogP contribution in [-0.4, -0.2) is 22.1 Å². The maximum atomic E-state index is 9.32. The summed E-state index contributed by atoms with van der Waals surface area (Å²) in [6.07, 6.45) is 0. The van der Waals surface area contributed by atoms with E-state index in [4.69, 9.17) is 4.74 Å². The van der Waals surface area contributed by atoms with Crippen molar-refractivity contribution in [3.05, 3.63) is 52.4 Å². The van der Waals surface area contributed by atoms with Crippen molar-refractivity contribution >= 4 is 23.1 Å². The number of thiazole rings is 1. The summed E-state index contributed by atoms with van der Waals surface area (Å²) in [5.41, 5.74) is 3.29. The summed E-state index contributed by atoms with van der Waals surface area (Å²) in [6, 6.07) is 10.0. The SMILES string of the molecule is COc1ccc(-c2nc(CSc3nc(C)nc(C)c3C#N)cs2)cc1. The van der Waals surface area contributed by atoms with Crippen LogP contribution in [0.4, 0.5) is 0 Å². The van der Waals surface area contributed by atoms with E-state index in [2.05, 4.69) is 21.0 Å². The molecule has 0 fully saturated rings. The molecule has 2 aromatic heterocycles. The van der Waals surface area contributed by atoms with E-state index in [0.717, 1.165) is 27.7 Å². The van der Waals surface area contributed by atoms with E-state index >= 15 is 0 Å². The van der Waals surface area contributed by atoms with Gasteiger partial charge in [0.05, 0.1) is 18.5 Å². The molecule has 1 aromatic carbocycles. The molecule has 0 saturated heterocycles. The predicted molar refractivity (Wildman–Crippen MR) is 99.9 cm³/mol. The molecule has 2 heterocycles. The molecular weight excluding hydrogens is 352 g/mol. The van der Waals surface area contributed by atoms with E-state index in [-0.39, 0.29) is 0 Å². The number of benzene rings is 1. The van der Waals surface area contributed by atoms with Crippen molar-refractivity contribution in [3.63, 3.8) is 0 Å². The van der Waals surface area contributed by atoms with Gasteiger partial charge in [0.1, 0.15) is 33.2 Å². The minimum atomic E-state index is 0.543. The molecule has 126 valence electrons. The van der Waals surface area contributed by atoms with E-state index in [1.807, 2.05) is 43.5 Å². The molecule has 7 heteroatoms. The van der Waals surface area contributed by atoms with Crippen LogP contribution in [0.3, 0.4) is 0 Å². The van der Waals surface area contributed by atoms with E-state index < -0.39 is 0 Å². The zero-order valence-corrected chi connectivity index (χ0v) is 15.7. The molecule has 0 radical (unpaired) electrons. The number of nitrogens with zero attached hydrogens (tertiary/aromatic N) is 4. The number of aryl methyl sites for hydroxylation is 2. The summed E-state index contributed by atoms with van der Waals surface area (Å²) in [5, 5.41) is 13.0. The van der Waals surface area contributed by atoms with Crippen molar-refractivity contribution in [2.24, 2.45) is 0 Å². The average molecular weight is 368 g/mol. The zero-order chi connectivity index (χ0) is 17.8. The standard InChI is InChI=1S/C18H16N4OS2/c1-11-16(8-19)18(21-12(2)20-11)25-10-14-9-24-17(22-14)13-4-6-15(23-3)7-5-13/h4-7,9H,10H2,1-3H3. The Bertz CT molecular complexity index is 929. The van der Waals surface area contributed by atoms with Gasteiger partial charge < -0.3 is 4.74 Å². The summed E-state index contributed by atoms with van der Waals surface area (Å²) >= 11 is 3.12. The third-order valence-corrected chi connectivity index (χ3v) is 5.47. The molecule has 0 aliphatic heterocycles. The molecular formula is C18H16N4OS2. The largest absolute Gasteiger partial charge is 0.497 e. The van der Waals surface area contributed by atoms with Crippen molar-refractivity contribution in [3.8, 4) is 22.4 Å². The average Bonchev–Trinajstić information content (AvgIpc) is 3.08. The van der Waals surface area contributed by atoms with Crippen LogP contribution in [0, 0.1) is 25.2 Å². The van der Waals surface area contributed by atoms with Crippen molar-refractivity contribution in [1.29, 1.82) is 5.26 Å². The quantitative estimate of drug-likeness (QED) is 0.491. The molecule has 0 aliphatic rings. The number of nitriles is 1. The fraction of sp³-hybridized carbons (Fsp3) is 0.222. The highest BCUT2D eigenvalue weighted by Gasteiger charge is 2.12. The smallest absolute Gasteiger partial charge is 0.126 e. The topological polar surface area (TPSA) is 71.7 Å². The predicted octanol–water partition coefficient (Wildman–Crippen LogP) is 4.39. The zero-order valence-electron chi connectivity index (χ0n) is 14.1. The second-order valence-electron chi connectivity index (χ2n) is 5.31. The molecule has 3 aromatic rings. The van der Waals surface area contributed by atoms with E-state index in [9.17, 15) is 5.26 Å². The van der Waals surface area contributed by atoms with Gasteiger partial charge in [-0.15, -0.1) is 11.3 Å². The van der Waals surface area contributed by atoms with Gasteiger partial charge in [0, 0.05) is 16.7 Å². The Labute approximate surface area is 154 Å². The lowest BCUT2D eigenvalue weighted by Gasteiger charge is -2.05. The molecule has 25 heavy (non-hydrogen) atoms. The first kappa shape index (κ1) is 17.4. The molecule has 0 aliphatic carbocycles. The Morgan fingerprint density at radius 1 is 1.16 bits per heavy atom. The van der Waals surface area contributed by atoms with Crippen LogP contribution in [0.5, 0.6) is 5.75 Å². The van der Waals surface area contributed by atoms with Gasteiger partial charge in [-0.05, 0) is 38.1 Å². The molecule has 0 atom stereocenters. The number of hydrogen-bond acceptors (Lipinski definition) is 7. The highest BCUT2D eigenvalue weighted by Crippen LogP contribution is 2.30. The van der Waals surface area contributed by atoms with Crippen molar-refractivity contribution < 1.29 is 4.74 Å². The van der Waals surface area contributed by atoms with Gasteiger partial charge in [-0.2, -0.15) is 5.26 Å². The second kappa shape index (κ2) is 7.64. The number of ether oxygens (including phenoxy) is 1. The third-order valence-electron chi connectivity index (χ3n) is 3.53. The van der Waals surface area contributed by atoms with E-state index in [0.29, 0.717) is 22.2 Å². The Kier molecular flexibility index (Phi) is 5.31. The minimum Gasteiger partial charge on any atom is -0.497 e. The monoisotopic (exact) mass is 368 g/mol. The molecule has 0 bridgehead atoms. The van der Waals surface area contributed by atoms with Gasteiger partial charge in [-0.3, -0.25) is 0 Å². The number of rotatable bonds is 5. The van der Waals surface area contributed by atoms with Gasteiger partial charge in [0.2, 0.25) is 0 Å². The number of methoxy groups -OCH3 is 1. The van der Waals surface area contributed by atoms with Crippen LogP contribution in [0.1, 0.15) is 22.8 Å². The Morgan fingerprint density at radius 2 is 1.92 bits per heavy atom. The fourth-order valence-corrected chi connectivity index (χ4v) is 4.19. The van der Waals surface area contributed by atoms with E-state index in [1.165, 1.54) is 11.8 Å². The first-order valence-electron chi connectivity index (χ1n) is 7.57. The lowest BCUT2D eigenvalue weighted by atomic mass is 10.2. The molecule has 0 spiro atoms. The van der Waals surface area contributed by atoms with Crippen LogP contribution in [0.25, 0.3) is 10.6 Å². The molecule has 0 saturated carbocycles. The molecule has 0 N–H and O–H groups in total. The first-order valence-corrected chi connectivity index (χ1v) is 9.44. The van der Waals surface area contributed by atoms with Crippen molar-refractivity contribution in [2.75, 3.05) is 7.11 Å². The summed E-state index contributed by atoms with van der Waals surface area (Å²) in [7, 11) is 1.65. The van der Waals surface area contributed by atoms with Crippen molar-refractivity contribution in [2.45, 2.75) is 24.6 Å². The van der Waals surface area contributed by atoms with Crippen LogP contribution in [-0.2, 0) is 5.75 Å².